The summed E-state index contributed by atoms with van der Waals surface area (Å²) in [5, 5.41) is 3.51. The molecule has 23 heavy (non-hydrogen) atoms. The van der Waals surface area contributed by atoms with Crippen molar-refractivity contribution in [2.24, 2.45) is 5.92 Å². The third-order valence-electron chi connectivity index (χ3n) is 3.34. The van der Waals surface area contributed by atoms with Crippen molar-refractivity contribution in [3.05, 3.63) is 47.5 Å². The fourth-order valence-electron chi connectivity index (χ4n) is 2.34. The van der Waals surface area contributed by atoms with Crippen LogP contribution in [0.3, 0.4) is 0 Å². The van der Waals surface area contributed by atoms with E-state index in [0.717, 1.165) is 11.3 Å². The van der Waals surface area contributed by atoms with E-state index in [4.69, 9.17) is 16.0 Å². The normalized spacial score (nSPS) is 11.1. The zero-order valence-corrected chi connectivity index (χ0v) is 13.7. The number of oxazole rings is 1. The van der Waals surface area contributed by atoms with Gasteiger partial charge in [0, 0.05) is 22.7 Å². The molecule has 0 saturated heterocycles. The summed E-state index contributed by atoms with van der Waals surface area (Å²) in [6.45, 7) is 4.03. The zero-order valence-electron chi connectivity index (χ0n) is 13.0. The van der Waals surface area contributed by atoms with Crippen molar-refractivity contribution < 1.29 is 9.21 Å². The molecule has 1 heterocycles. The maximum absolute atomic E-state index is 11.9. The van der Waals surface area contributed by atoms with Gasteiger partial charge in [-0.3, -0.25) is 4.79 Å². The van der Waals surface area contributed by atoms with Gasteiger partial charge in [-0.1, -0.05) is 31.5 Å². The van der Waals surface area contributed by atoms with Crippen molar-refractivity contribution >= 4 is 34.3 Å². The molecule has 0 bridgehead atoms. The zero-order chi connectivity index (χ0) is 16.4. The number of halogens is 1. The Hall–Kier alpha value is -2.33. The molecule has 4 nitrogen and oxygen atoms in total. The van der Waals surface area contributed by atoms with Crippen molar-refractivity contribution in [3.8, 4) is 11.5 Å². The third-order valence-corrected chi connectivity index (χ3v) is 3.57. The molecule has 118 valence electrons. The average molecular weight is 329 g/mol. The first-order chi connectivity index (χ1) is 11.0. The molecule has 1 amide bonds. The summed E-state index contributed by atoms with van der Waals surface area (Å²) in [6.07, 6.45) is 0.492. The van der Waals surface area contributed by atoms with Gasteiger partial charge in [0.2, 0.25) is 11.8 Å². The number of hydrogen-bond donors (Lipinski definition) is 1. The van der Waals surface area contributed by atoms with Crippen LogP contribution >= 0.6 is 11.6 Å². The van der Waals surface area contributed by atoms with Crippen LogP contribution in [0.1, 0.15) is 20.3 Å². The average Bonchev–Trinajstić information content (AvgIpc) is 2.89. The molecule has 0 aliphatic rings. The second-order valence-corrected chi connectivity index (χ2v) is 6.29. The quantitative estimate of drug-likeness (QED) is 0.722. The number of amides is 1. The van der Waals surface area contributed by atoms with E-state index >= 15 is 0 Å². The topological polar surface area (TPSA) is 55.1 Å². The summed E-state index contributed by atoms with van der Waals surface area (Å²) in [4.78, 5) is 16.3. The van der Waals surface area contributed by atoms with Crippen molar-refractivity contribution in [2.45, 2.75) is 20.3 Å². The Bertz CT molecular complexity index is 855. The number of benzene rings is 2. The van der Waals surface area contributed by atoms with Crippen LogP contribution in [0.15, 0.2) is 46.9 Å². The molecule has 0 unspecified atom stereocenters. The molecule has 3 rings (SSSR count). The van der Waals surface area contributed by atoms with Crippen molar-refractivity contribution in [1.82, 2.24) is 4.98 Å². The fraction of sp³-hybridized carbons (Fsp3) is 0.222. The van der Waals surface area contributed by atoms with Crippen LogP contribution in [0.5, 0.6) is 0 Å². The van der Waals surface area contributed by atoms with E-state index in [1.54, 1.807) is 18.2 Å². The van der Waals surface area contributed by atoms with Crippen LogP contribution in [0, 0.1) is 5.92 Å². The number of anilines is 1. The van der Waals surface area contributed by atoms with Gasteiger partial charge >= 0.3 is 0 Å². The van der Waals surface area contributed by atoms with Gasteiger partial charge in [-0.2, -0.15) is 0 Å². The molecular formula is C18H17ClN2O2. The largest absolute Gasteiger partial charge is 0.436 e. The summed E-state index contributed by atoms with van der Waals surface area (Å²) >= 11 is 5.97. The third kappa shape index (κ3) is 3.71. The standard InChI is InChI=1S/C18H17ClN2O2/c1-11(2)8-17(22)20-14-5-3-4-12(9-14)18-21-15-10-13(19)6-7-16(15)23-18/h3-7,9-11H,8H2,1-2H3,(H,20,22). The van der Waals surface area contributed by atoms with Crippen molar-refractivity contribution in [1.29, 1.82) is 0 Å². The second kappa shape index (κ2) is 6.42. The first kappa shape index (κ1) is 15.6. The van der Waals surface area contributed by atoms with Crippen molar-refractivity contribution in [3.63, 3.8) is 0 Å². The van der Waals surface area contributed by atoms with Crippen LogP contribution in [-0.2, 0) is 4.79 Å². The molecule has 3 aromatic rings. The number of aromatic nitrogens is 1. The minimum Gasteiger partial charge on any atom is -0.436 e. The van der Waals surface area contributed by atoms with E-state index in [1.807, 2.05) is 38.1 Å². The van der Waals surface area contributed by atoms with Gasteiger partial charge in [-0.05, 0) is 42.3 Å². The Kier molecular flexibility index (Phi) is 4.35. The molecule has 0 spiro atoms. The number of carbonyl (C=O) groups excluding carboxylic acids is 1. The summed E-state index contributed by atoms with van der Waals surface area (Å²) in [5.41, 5.74) is 2.92. The number of rotatable bonds is 4. The second-order valence-electron chi connectivity index (χ2n) is 5.86. The maximum atomic E-state index is 11.9. The van der Waals surface area contributed by atoms with Crippen LogP contribution in [-0.4, -0.2) is 10.9 Å². The first-order valence-electron chi connectivity index (χ1n) is 7.47. The number of nitrogens with one attached hydrogen (secondary N) is 1. The Morgan fingerprint density at radius 2 is 2.09 bits per heavy atom. The van der Waals surface area contributed by atoms with Crippen LogP contribution < -0.4 is 5.32 Å². The van der Waals surface area contributed by atoms with Crippen LogP contribution in [0.2, 0.25) is 5.02 Å². The van der Waals surface area contributed by atoms with Gasteiger partial charge in [0.1, 0.15) is 5.52 Å². The SMILES string of the molecule is CC(C)CC(=O)Nc1cccc(-c2nc3cc(Cl)ccc3o2)c1. The minimum absolute atomic E-state index is 0.00139. The fourth-order valence-corrected chi connectivity index (χ4v) is 2.50. The van der Waals surface area contributed by atoms with Crippen molar-refractivity contribution in [2.75, 3.05) is 5.32 Å². The van der Waals surface area contributed by atoms with Gasteiger partial charge in [0.05, 0.1) is 0 Å². The van der Waals surface area contributed by atoms with Gasteiger partial charge in [0.15, 0.2) is 5.58 Å². The highest BCUT2D eigenvalue weighted by Gasteiger charge is 2.10. The molecule has 0 fully saturated rings. The highest BCUT2D eigenvalue weighted by molar-refractivity contribution is 6.31. The van der Waals surface area contributed by atoms with E-state index in [9.17, 15) is 4.79 Å². The highest BCUT2D eigenvalue weighted by atomic mass is 35.5. The highest BCUT2D eigenvalue weighted by Crippen LogP contribution is 2.27. The molecule has 0 aliphatic carbocycles. The molecule has 0 aliphatic heterocycles. The number of fused-ring (bicyclic) bond motifs is 1. The van der Waals surface area contributed by atoms with Gasteiger partial charge in [-0.25, -0.2) is 4.98 Å². The molecule has 5 heteroatoms. The lowest BCUT2D eigenvalue weighted by Gasteiger charge is -2.07. The van der Waals surface area contributed by atoms with E-state index in [0.29, 0.717) is 34.4 Å². The van der Waals surface area contributed by atoms with E-state index in [1.165, 1.54) is 0 Å². The Labute approximate surface area is 139 Å². The molecule has 1 N–H and O–H groups in total. The minimum atomic E-state index is 0.00139. The number of hydrogen-bond acceptors (Lipinski definition) is 3. The predicted molar refractivity (Wildman–Crippen MR) is 92.5 cm³/mol. The van der Waals surface area contributed by atoms with Crippen LogP contribution in [0.4, 0.5) is 5.69 Å². The lowest BCUT2D eigenvalue weighted by molar-refractivity contribution is -0.116. The molecule has 0 atom stereocenters. The van der Waals surface area contributed by atoms with Crippen LogP contribution in [0.25, 0.3) is 22.6 Å². The summed E-state index contributed by atoms with van der Waals surface area (Å²) in [6, 6.07) is 12.8. The summed E-state index contributed by atoms with van der Waals surface area (Å²) in [5.74, 6) is 0.823. The van der Waals surface area contributed by atoms with E-state index in [-0.39, 0.29) is 5.91 Å². The lowest BCUT2D eigenvalue weighted by atomic mass is 10.1. The monoisotopic (exact) mass is 328 g/mol. The number of nitrogens with zero attached hydrogens (tertiary/aromatic N) is 1. The summed E-state index contributed by atoms with van der Waals surface area (Å²) in [7, 11) is 0. The first-order valence-corrected chi connectivity index (χ1v) is 7.85. The molecule has 0 saturated carbocycles. The Morgan fingerprint density at radius 1 is 1.26 bits per heavy atom. The van der Waals surface area contributed by atoms with Gasteiger partial charge in [0.25, 0.3) is 0 Å². The Morgan fingerprint density at radius 3 is 2.87 bits per heavy atom. The van der Waals surface area contributed by atoms with E-state index < -0.39 is 0 Å². The lowest BCUT2D eigenvalue weighted by Crippen LogP contribution is -2.13. The van der Waals surface area contributed by atoms with Gasteiger partial charge in [-0.15, -0.1) is 0 Å². The number of carbonyl (C=O) groups is 1. The predicted octanol–water partition coefficient (Wildman–Crippen LogP) is 5.13. The molecule has 2 aromatic carbocycles. The molecule has 0 radical (unpaired) electrons. The summed E-state index contributed by atoms with van der Waals surface area (Å²) < 4.78 is 5.75. The maximum Gasteiger partial charge on any atom is 0.227 e. The molecule has 1 aromatic heterocycles. The molecular weight excluding hydrogens is 312 g/mol. The smallest absolute Gasteiger partial charge is 0.227 e. The Balaban J connectivity index is 1.87. The van der Waals surface area contributed by atoms with Gasteiger partial charge < -0.3 is 9.73 Å². The van der Waals surface area contributed by atoms with E-state index in [2.05, 4.69) is 10.3 Å².